The first-order valence-corrected chi connectivity index (χ1v) is 9.70. The SMILES string of the molecule is CCCN(CCC)C(=S)SCCCCOc1ccc(C=O)cc1. The molecule has 1 aromatic rings. The molecule has 0 saturated carbocycles. The molecule has 23 heavy (non-hydrogen) atoms. The highest BCUT2D eigenvalue weighted by atomic mass is 32.2. The number of nitrogens with zero attached hydrogens (tertiary/aromatic N) is 1. The molecule has 0 aliphatic rings. The van der Waals surface area contributed by atoms with E-state index in [1.165, 1.54) is 0 Å². The minimum Gasteiger partial charge on any atom is -0.494 e. The summed E-state index contributed by atoms with van der Waals surface area (Å²) in [5.41, 5.74) is 0.672. The van der Waals surface area contributed by atoms with Crippen LogP contribution in [0.3, 0.4) is 0 Å². The van der Waals surface area contributed by atoms with Gasteiger partial charge in [-0.15, -0.1) is 0 Å². The molecule has 0 N–H and O–H groups in total. The highest BCUT2D eigenvalue weighted by Crippen LogP contribution is 2.14. The first-order valence-electron chi connectivity index (χ1n) is 8.31. The van der Waals surface area contributed by atoms with Crippen molar-refractivity contribution in [2.24, 2.45) is 0 Å². The number of rotatable bonds is 11. The summed E-state index contributed by atoms with van der Waals surface area (Å²) in [6, 6.07) is 7.21. The zero-order valence-corrected chi connectivity index (χ0v) is 15.8. The van der Waals surface area contributed by atoms with E-state index < -0.39 is 0 Å². The van der Waals surface area contributed by atoms with E-state index in [1.54, 1.807) is 23.9 Å². The fourth-order valence-electron chi connectivity index (χ4n) is 2.12. The van der Waals surface area contributed by atoms with E-state index in [0.29, 0.717) is 12.2 Å². The Morgan fingerprint density at radius 2 is 1.83 bits per heavy atom. The molecule has 0 aromatic heterocycles. The highest BCUT2D eigenvalue weighted by Gasteiger charge is 2.07. The fourth-order valence-corrected chi connectivity index (χ4v) is 3.44. The molecule has 1 rings (SSSR count). The lowest BCUT2D eigenvalue weighted by atomic mass is 10.2. The largest absolute Gasteiger partial charge is 0.494 e. The zero-order valence-electron chi connectivity index (χ0n) is 14.1. The summed E-state index contributed by atoms with van der Waals surface area (Å²) in [5, 5.41) is 0. The maximum atomic E-state index is 10.6. The van der Waals surface area contributed by atoms with Crippen LogP contribution in [0.1, 0.15) is 49.9 Å². The molecule has 0 bridgehead atoms. The average Bonchev–Trinajstić information content (AvgIpc) is 2.58. The summed E-state index contributed by atoms with van der Waals surface area (Å²) in [5.74, 6) is 1.85. The monoisotopic (exact) mass is 353 g/mol. The second-order valence-corrected chi connectivity index (χ2v) is 7.07. The van der Waals surface area contributed by atoms with E-state index in [1.807, 2.05) is 12.1 Å². The molecule has 0 heterocycles. The van der Waals surface area contributed by atoms with Crippen LogP contribution < -0.4 is 4.74 Å². The molecule has 5 heteroatoms. The van der Waals surface area contributed by atoms with E-state index in [2.05, 4.69) is 18.7 Å². The molecule has 3 nitrogen and oxygen atoms in total. The lowest BCUT2D eigenvalue weighted by Gasteiger charge is -2.23. The van der Waals surface area contributed by atoms with Crippen LogP contribution >= 0.6 is 24.0 Å². The Morgan fingerprint density at radius 3 is 2.39 bits per heavy atom. The predicted octanol–water partition coefficient (Wildman–Crippen LogP) is 4.80. The van der Waals surface area contributed by atoms with Crippen molar-refractivity contribution in [3.63, 3.8) is 0 Å². The van der Waals surface area contributed by atoms with Gasteiger partial charge in [0, 0.05) is 24.4 Å². The van der Waals surface area contributed by atoms with Crippen molar-refractivity contribution in [1.29, 1.82) is 0 Å². The normalized spacial score (nSPS) is 10.3. The summed E-state index contributed by atoms with van der Waals surface area (Å²) in [7, 11) is 0. The van der Waals surface area contributed by atoms with Gasteiger partial charge in [0.1, 0.15) is 16.4 Å². The molecule has 0 atom stereocenters. The van der Waals surface area contributed by atoms with Crippen molar-refractivity contribution in [1.82, 2.24) is 4.90 Å². The molecule has 0 amide bonds. The zero-order chi connectivity index (χ0) is 16.9. The third-order valence-electron chi connectivity index (χ3n) is 3.29. The Labute approximate surface area is 149 Å². The van der Waals surface area contributed by atoms with Crippen molar-refractivity contribution in [3.8, 4) is 5.75 Å². The molecule has 0 aliphatic carbocycles. The number of hydrogen-bond acceptors (Lipinski definition) is 4. The van der Waals surface area contributed by atoms with Crippen LogP contribution in [0.4, 0.5) is 0 Å². The van der Waals surface area contributed by atoms with Crippen LogP contribution in [0.25, 0.3) is 0 Å². The maximum absolute atomic E-state index is 10.6. The van der Waals surface area contributed by atoms with Gasteiger partial charge in [-0.1, -0.05) is 37.8 Å². The molecule has 0 unspecified atom stereocenters. The highest BCUT2D eigenvalue weighted by molar-refractivity contribution is 8.22. The summed E-state index contributed by atoms with van der Waals surface area (Å²) in [4.78, 5) is 12.9. The number of aldehydes is 1. The summed E-state index contributed by atoms with van der Waals surface area (Å²) in [6.07, 6.45) is 5.20. The van der Waals surface area contributed by atoms with Gasteiger partial charge in [-0.25, -0.2) is 0 Å². The van der Waals surface area contributed by atoms with Crippen LogP contribution in [0, 0.1) is 0 Å². The van der Waals surface area contributed by atoms with Crippen LogP contribution in [0.2, 0.25) is 0 Å². The number of carbonyl (C=O) groups is 1. The van der Waals surface area contributed by atoms with Gasteiger partial charge in [0.2, 0.25) is 0 Å². The molecule has 0 aliphatic heterocycles. The first-order chi connectivity index (χ1) is 11.2. The molecular weight excluding hydrogens is 326 g/mol. The molecular formula is C18H27NO2S2. The van der Waals surface area contributed by atoms with E-state index in [9.17, 15) is 4.79 Å². The van der Waals surface area contributed by atoms with Crippen molar-refractivity contribution in [2.45, 2.75) is 39.5 Å². The van der Waals surface area contributed by atoms with Crippen LogP contribution in [-0.2, 0) is 0 Å². The molecule has 1 aromatic carbocycles. The predicted molar refractivity (Wildman–Crippen MR) is 104 cm³/mol. The van der Waals surface area contributed by atoms with E-state index in [0.717, 1.165) is 60.9 Å². The van der Waals surface area contributed by atoms with Crippen LogP contribution in [-0.4, -0.2) is 41.0 Å². The number of unbranched alkanes of at least 4 members (excludes halogenated alkanes) is 1. The Balaban J connectivity index is 2.14. The molecule has 0 spiro atoms. The fraction of sp³-hybridized carbons (Fsp3) is 0.556. The lowest BCUT2D eigenvalue weighted by Crippen LogP contribution is -2.29. The number of ether oxygens (including phenoxy) is 1. The van der Waals surface area contributed by atoms with Gasteiger partial charge in [0.25, 0.3) is 0 Å². The van der Waals surface area contributed by atoms with Gasteiger partial charge >= 0.3 is 0 Å². The van der Waals surface area contributed by atoms with Gasteiger partial charge < -0.3 is 9.64 Å². The Morgan fingerprint density at radius 1 is 1.17 bits per heavy atom. The van der Waals surface area contributed by atoms with Crippen LogP contribution in [0.5, 0.6) is 5.75 Å². The first kappa shape index (κ1) is 20.0. The second kappa shape index (κ2) is 12.4. The van der Waals surface area contributed by atoms with Gasteiger partial charge in [0.15, 0.2) is 0 Å². The standard InChI is InChI=1S/C18H27NO2S2/c1-3-11-19(12-4-2)18(22)23-14-6-5-13-21-17-9-7-16(15-20)8-10-17/h7-10,15H,3-6,11-14H2,1-2H3. The molecule has 128 valence electrons. The summed E-state index contributed by atoms with van der Waals surface area (Å²) in [6.45, 7) is 7.18. The maximum Gasteiger partial charge on any atom is 0.150 e. The molecule has 0 saturated heterocycles. The van der Waals surface area contributed by atoms with Crippen molar-refractivity contribution in [3.05, 3.63) is 29.8 Å². The Hall–Kier alpha value is -1.07. The topological polar surface area (TPSA) is 29.5 Å². The third-order valence-corrected chi connectivity index (χ3v) is 4.90. The number of thiocarbonyl (C=S) groups is 1. The lowest BCUT2D eigenvalue weighted by molar-refractivity contribution is 0.112. The number of hydrogen-bond donors (Lipinski definition) is 0. The summed E-state index contributed by atoms with van der Waals surface area (Å²) >= 11 is 7.29. The van der Waals surface area contributed by atoms with E-state index in [-0.39, 0.29) is 0 Å². The smallest absolute Gasteiger partial charge is 0.150 e. The van der Waals surface area contributed by atoms with Crippen molar-refractivity contribution < 1.29 is 9.53 Å². The van der Waals surface area contributed by atoms with Gasteiger partial charge in [-0.2, -0.15) is 0 Å². The quantitative estimate of drug-likeness (QED) is 0.324. The third kappa shape index (κ3) is 8.37. The summed E-state index contributed by atoms with van der Waals surface area (Å²) < 4.78 is 6.70. The van der Waals surface area contributed by atoms with Crippen LogP contribution in [0.15, 0.2) is 24.3 Å². The number of thioether (sulfide) groups is 1. The van der Waals surface area contributed by atoms with Gasteiger partial charge in [-0.3, -0.25) is 4.79 Å². The Bertz CT molecular complexity index is 457. The average molecular weight is 354 g/mol. The Kier molecular flexibility index (Phi) is 10.7. The van der Waals surface area contributed by atoms with Gasteiger partial charge in [0.05, 0.1) is 6.61 Å². The number of carbonyl (C=O) groups excluding carboxylic acids is 1. The van der Waals surface area contributed by atoms with E-state index >= 15 is 0 Å². The van der Waals surface area contributed by atoms with Gasteiger partial charge in [-0.05, 0) is 49.9 Å². The molecule has 0 radical (unpaired) electrons. The number of benzene rings is 1. The minimum absolute atomic E-state index is 0.672. The van der Waals surface area contributed by atoms with E-state index in [4.69, 9.17) is 17.0 Å². The van der Waals surface area contributed by atoms with Crippen molar-refractivity contribution in [2.75, 3.05) is 25.4 Å². The minimum atomic E-state index is 0.672. The van der Waals surface area contributed by atoms with Crippen molar-refractivity contribution >= 4 is 34.6 Å². The second-order valence-electron chi connectivity index (χ2n) is 5.34. The molecule has 0 fully saturated rings.